The second-order valence-electron chi connectivity index (χ2n) is 5.24. The van der Waals surface area contributed by atoms with E-state index in [0.29, 0.717) is 0 Å². The zero-order valence-electron chi connectivity index (χ0n) is 12.4. The van der Waals surface area contributed by atoms with Gasteiger partial charge in [0.1, 0.15) is 0 Å². The average Bonchev–Trinajstić information content (AvgIpc) is 2.96. The van der Waals surface area contributed by atoms with Gasteiger partial charge in [-0.25, -0.2) is 13.1 Å². The monoisotopic (exact) mass is 347 g/mol. The molecule has 1 aliphatic rings. The molecule has 0 amide bonds. The van der Waals surface area contributed by atoms with Crippen molar-refractivity contribution in [3.8, 4) is 6.07 Å². The maximum absolute atomic E-state index is 13.1. The number of alkyl halides is 3. The van der Waals surface area contributed by atoms with Crippen molar-refractivity contribution in [2.45, 2.75) is 24.8 Å². The molecule has 1 fully saturated rings. The Kier molecular flexibility index (Phi) is 4.87. The summed E-state index contributed by atoms with van der Waals surface area (Å²) >= 11 is 0. The molecular formula is C14H16F3N3O2S. The van der Waals surface area contributed by atoms with Gasteiger partial charge in [-0.15, -0.1) is 0 Å². The average molecular weight is 347 g/mol. The van der Waals surface area contributed by atoms with E-state index in [2.05, 4.69) is 4.72 Å². The Balaban J connectivity index is 2.35. The number of hydrogen-bond donors (Lipinski definition) is 1. The number of anilines is 1. The van der Waals surface area contributed by atoms with Crippen LogP contribution in [0.25, 0.3) is 0 Å². The highest BCUT2D eigenvalue weighted by atomic mass is 32.2. The van der Waals surface area contributed by atoms with Crippen molar-refractivity contribution in [1.29, 1.82) is 5.26 Å². The lowest BCUT2D eigenvalue weighted by Crippen LogP contribution is -2.36. The maximum Gasteiger partial charge on any atom is 0.418 e. The Morgan fingerprint density at radius 3 is 2.70 bits per heavy atom. The lowest BCUT2D eigenvalue weighted by atomic mass is 10.1. The molecule has 2 rings (SSSR count). The number of nitrogens with one attached hydrogen (secondary N) is 1. The molecule has 1 aromatic carbocycles. The van der Waals surface area contributed by atoms with Crippen molar-refractivity contribution in [1.82, 2.24) is 4.72 Å². The highest BCUT2D eigenvalue weighted by Crippen LogP contribution is 2.38. The smallest absolute Gasteiger partial charge is 0.370 e. The third-order valence-electron chi connectivity index (χ3n) is 3.70. The number of nitriles is 1. The molecule has 0 unspecified atom stereocenters. The molecule has 1 aliphatic heterocycles. The summed E-state index contributed by atoms with van der Waals surface area (Å²) in [6.45, 7) is 2.03. The van der Waals surface area contributed by atoms with Crippen LogP contribution in [-0.4, -0.2) is 33.3 Å². The van der Waals surface area contributed by atoms with Crippen molar-refractivity contribution in [2.24, 2.45) is 0 Å². The largest absolute Gasteiger partial charge is 0.418 e. The standard InChI is InChI=1S/C14H16F3N3O2S/c1-2-19-23(21,22)11-5-6-20(9-11)13-7-10(8-18)3-4-12(13)14(15,16)17/h3-4,7,11,19H,2,5-6,9H2,1H3/t11-/m1/s1. The van der Waals surface area contributed by atoms with Gasteiger partial charge >= 0.3 is 6.18 Å². The lowest BCUT2D eigenvalue weighted by molar-refractivity contribution is -0.137. The van der Waals surface area contributed by atoms with E-state index in [4.69, 9.17) is 5.26 Å². The van der Waals surface area contributed by atoms with Crippen LogP contribution in [0.1, 0.15) is 24.5 Å². The number of rotatable bonds is 4. The predicted octanol–water partition coefficient (Wildman–Crippen LogP) is 2.10. The summed E-state index contributed by atoms with van der Waals surface area (Å²) in [4.78, 5) is 1.38. The van der Waals surface area contributed by atoms with Crippen molar-refractivity contribution >= 4 is 15.7 Å². The summed E-state index contributed by atoms with van der Waals surface area (Å²) in [5.41, 5.74) is -0.908. The van der Waals surface area contributed by atoms with Gasteiger partial charge in [-0.05, 0) is 24.6 Å². The second kappa shape index (κ2) is 6.37. The molecule has 23 heavy (non-hydrogen) atoms. The van der Waals surface area contributed by atoms with E-state index in [1.807, 2.05) is 0 Å². The topological polar surface area (TPSA) is 73.2 Å². The molecule has 0 aliphatic carbocycles. The number of halogens is 3. The van der Waals surface area contributed by atoms with Gasteiger partial charge in [-0.3, -0.25) is 0 Å². The van der Waals surface area contributed by atoms with E-state index in [1.165, 1.54) is 4.90 Å². The van der Waals surface area contributed by atoms with Crippen LogP contribution in [0, 0.1) is 11.3 Å². The van der Waals surface area contributed by atoms with Crippen LogP contribution in [0.3, 0.4) is 0 Å². The molecule has 0 aromatic heterocycles. The summed E-state index contributed by atoms with van der Waals surface area (Å²) in [7, 11) is -3.55. The summed E-state index contributed by atoms with van der Waals surface area (Å²) in [5, 5.41) is 8.12. The van der Waals surface area contributed by atoms with Crippen molar-refractivity contribution in [3.05, 3.63) is 29.3 Å². The first kappa shape index (κ1) is 17.6. The van der Waals surface area contributed by atoms with Crippen LogP contribution >= 0.6 is 0 Å². The van der Waals surface area contributed by atoms with Gasteiger partial charge < -0.3 is 4.90 Å². The molecule has 0 radical (unpaired) electrons. The van der Waals surface area contributed by atoms with E-state index < -0.39 is 27.0 Å². The Labute approximate surface area is 132 Å². The molecule has 1 heterocycles. The van der Waals surface area contributed by atoms with E-state index >= 15 is 0 Å². The van der Waals surface area contributed by atoms with Crippen LogP contribution < -0.4 is 9.62 Å². The van der Waals surface area contributed by atoms with E-state index in [-0.39, 0.29) is 37.3 Å². The van der Waals surface area contributed by atoms with E-state index in [1.54, 1.807) is 13.0 Å². The second-order valence-corrected chi connectivity index (χ2v) is 7.29. The van der Waals surface area contributed by atoms with Crippen molar-refractivity contribution in [2.75, 3.05) is 24.5 Å². The minimum atomic E-state index is -4.57. The molecule has 0 saturated carbocycles. The van der Waals surface area contributed by atoms with Crippen LogP contribution in [0.2, 0.25) is 0 Å². The summed E-state index contributed by atoms with van der Waals surface area (Å²) in [6, 6.07) is 4.93. The van der Waals surface area contributed by atoms with E-state index in [0.717, 1.165) is 18.2 Å². The van der Waals surface area contributed by atoms with Gasteiger partial charge in [-0.1, -0.05) is 6.92 Å². The first-order valence-electron chi connectivity index (χ1n) is 7.03. The maximum atomic E-state index is 13.1. The normalized spacial score (nSPS) is 18.9. The Morgan fingerprint density at radius 2 is 2.13 bits per heavy atom. The summed E-state index contributed by atoms with van der Waals surface area (Å²) < 4.78 is 65.8. The lowest BCUT2D eigenvalue weighted by Gasteiger charge is -2.23. The quantitative estimate of drug-likeness (QED) is 0.905. The van der Waals surface area contributed by atoms with Gasteiger partial charge in [0.05, 0.1) is 28.1 Å². The number of nitrogens with zero attached hydrogens (tertiary/aromatic N) is 2. The van der Waals surface area contributed by atoms with Crippen LogP contribution in [0.15, 0.2) is 18.2 Å². The molecule has 5 nitrogen and oxygen atoms in total. The fourth-order valence-electron chi connectivity index (χ4n) is 2.62. The molecule has 1 N–H and O–H groups in total. The third kappa shape index (κ3) is 3.76. The van der Waals surface area contributed by atoms with Crippen molar-refractivity contribution < 1.29 is 21.6 Å². The van der Waals surface area contributed by atoms with Crippen LogP contribution in [0.5, 0.6) is 0 Å². The third-order valence-corrected chi connectivity index (χ3v) is 5.66. The first-order valence-corrected chi connectivity index (χ1v) is 8.58. The minimum absolute atomic E-state index is 0.0344. The Bertz CT molecular complexity index is 726. The SMILES string of the molecule is CCNS(=O)(=O)[C@@H]1CCN(c2cc(C#N)ccc2C(F)(F)F)C1. The Hall–Kier alpha value is -1.79. The van der Waals surface area contributed by atoms with E-state index in [9.17, 15) is 21.6 Å². The highest BCUT2D eigenvalue weighted by molar-refractivity contribution is 7.90. The summed E-state index contributed by atoms with van der Waals surface area (Å²) in [5.74, 6) is 0. The minimum Gasteiger partial charge on any atom is -0.370 e. The van der Waals surface area contributed by atoms with Gasteiger partial charge in [0, 0.05) is 19.6 Å². The zero-order chi connectivity index (χ0) is 17.3. The number of sulfonamides is 1. The Morgan fingerprint density at radius 1 is 1.43 bits per heavy atom. The number of hydrogen-bond acceptors (Lipinski definition) is 4. The predicted molar refractivity (Wildman–Crippen MR) is 79.4 cm³/mol. The first-order chi connectivity index (χ1) is 10.7. The molecule has 0 spiro atoms. The molecule has 1 saturated heterocycles. The number of benzene rings is 1. The highest BCUT2D eigenvalue weighted by Gasteiger charge is 2.39. The van der Waals surface area contributed by atoms with Gasteiger partial charge in [0.2, 0.25) is 10.0 Å². The molecule has 0 bridgehead atoms. The molecule has 126 valence electrons. The summed E-state index contributed by atoms with van der Waals surface area (Å²) in [6.07, 6.45) is -4.33. The molecule has 1 aromatic rings. The van der Waals surface area contributed by atoms with Crippen LogP contribution in [-0.2, 0) is 16.2 Å². The van der Waals surface area contributed by atoms with Gasteiger partial charge in [0.25, 0.3) is 0 Å². The van der Waals surface area contributed by atoms with Crippen molar-refractivity contribution in [3.63, 3.8) is 0 Å². The van der Waals surface area contributed by atoms with Gasteiger partial charge in [0.15, 0.2) is 0 Å². The molecule has 9 heteroatoms. The molecular weight excluding hydrogens is 331 g/mol. The fourth-order valence-corrected chi connectivity index (χ4v) is 4.05. The molecule has 1 atom stereocenters. The van der Waals surface area contributed by atoms with Gasteiger partial charge in [-0.2, -0.15) is 18.4 Å². The zero-order valence-corrected chi connectivity index (χ0v) is 13.2. The fraction of sp³-hybridized carbons (Fsp3) is 0.500. The van der Waals surface area contributed by atoms with Crippen LogP contribution in [0.4, 0.5) is 18.9 Å².